The molecule has 98 valence electrons. The number of anilines is 2. The first kappa shape index (κ1) is 13.5. The van der Waals surface area contributed by atoms with E-state index in [0.717, 1.165) is 0 Å². The van der Waals surface area contributed by atoms with E-state index in [2.05, 4.69) is 5.32 Å². The van der Waals surface area contributed by atoms with Gasteiger partial charge in [-0.15, -0.1) is 0 Å². The monoisotopic (exact) mass is 296 g/mol. The predicted octanol–water partition coefficient (Wildman–Crippen LogP) is 3.53. The van der Waals surface area contributed by atoms with E-state index in [-0.39, 0.29) is 11.3 Å². The third kappa shape index (κ3) is 3.10. The van der Waals surface area contributed by atoms with Crippen LogP contribution in [0.3, 0.4) is 0 Å². The molecule has 6 heteroatoms. The van der Waals surface area contributed by atoms with Crippen LogP contribution in [0.25, 0.3) is 0 Å². The molecule has 2 rings (SSSR count). The Morgan fingerprint density at radius 3 is 2.58 bits per heavy atom. The molecule has 0 spiro atoms. The number of nitrogens with two attached hydrogens (primary N) is 1. The standard InChI is InChI=1S/C13H10Cl2N2O2/c14-7-1-3-9(12(18)5-7)13(19)17-11-6-8(16)2-4-10(11)15/h1-6,18H,16H2,(H,17,19). The van der Waals surface area contributed by atoms with E-state index >= 15 is 0 Å². The lowest BCUT2D eigenvalue weighted by atomic mass is 10.2. The highest BCUT2D eigenvalue weighted by Crippen LogP contribution is 2.27. The SMILES string of the molecule is Nc1ccc(Cl)c(NC(=O)c2ccc(Cl)cc2O)c1. The number of rotatable bonds is 2. The summed E-state index contributed by atoms with van der Waals surface area (Å²) in [5.41, 5.74) is 6.56. The Morgan fingerprint density at radius 2 is 1.89 bits per heavy atom. The first-order valence-electron chi connectivity index (χ1n) is 5.32. The van der Waals surface area contributed by atoms with Gasteiger partial charge in [-0.05, 0) is 36.4 Å². The van der Waals surface area contributed by atoms with Crippen LogP contribution in [-0.2, 0) is 0 Å². The summed E-state index contributed by atoms with van der Waals surface area (Å²) in [7, 11) is 0. The number of hydrogen-bond acceptors (Lipinski definition) is 3. The van der Waals surface area contributed by atoms with Gasteiger partial charge in [-0.1, -0.05) is 23.2 Å². The molecular formula is C13H10Cl2N2O2. The topological polar surface area (TPSA) is 75.3 Å². The molecule has 0 atom stereocenters. The molecule has 0 aromatic heterocycles. The number of carbonyl (C=O) groups is 1. The maximum atomic E-state index is 12.0. The molecule has 2 aromatic rings. The van der Waals surface area contributed by atoms with Gasteiger partial charge in [0.1, 0.15) is 5.75 Å². The van der Waals surface area contributed by atoms with Crippen molar-refractivity contribution in [1.82, 2.24) is 0 Å². The van der Waals surface area contributed by atoms with Crippen LogP contribution in [0, 0.1) is 0 Å². The van der Waals surface area contributed by atoms with E-state index in [0.29, 0.717) is 21.4 Å². The summed E-state index contributed by atoms with van der Waals surface area (Å²) in [6.07, 6.45) is 0. The molecule has 0 unspecified atom stereocenters. The van der Waals surface area contributed by atoms with Crippen LogP contribution in [0.15, 0.2) is 36.4 Å². The Balaban J connectivity index is 2.28. The minimum Gasteiger partial charge on any atom is -0.507 e. The Bertz CT molecular complexity index is 645. The molecule has 0 aliphatic heterocycles. The quantitative estimate of drug-likeness (QED) is 0.742. The Labute approximate surface area is 119 Å². The van der Waals surface area contributed by atoms with Gasteiger partial charge < -0.3 is 16.2 Å². The number of aromatic hydroxyl groups is 1. The van der Waals surface area contributed by atoms with Crippen LogP contribution in [0.1, 0.15) is 10.4 Å². The molecular weight excluding hydrogens is 287 g/mol. The summed E-state index contributed by atoms with van der Waals surface area (Å²) < 4.78 is 0. The molecule has 0 saturated heterocycles. The summed E-state index contributed by atoms with van der Waals surface area (Å²) in [5.74, 6) is -0.702. The van der Waals surface area contributed by atoms with Crippen LogP contribution in [0.5, 0.6) is 5.75 Å². The number of phenols is 1. The molecule has 1 amide bonds. The third-order valence-electron chi connectivity index (χ3n) is 2.44. The zero-order valence-corrected chi connectivity index (χ0v) is 11.2. The van der Waals surface area contributed by atoms with Crippen LogP contribution >= 0.6 is 23.2 Å². The number of halogens is 2. The zero-order chi connectivity index (χ0) is 14.0. The average molecular weight is 297 g/mol. The maximum absolute atomic E-state index is 12.0. The number of phenolic OH excluding ortho intramolecular Hbond substituents is 1. The van der Waals surface area contributed by atoms with E-state index in [1.54, 1.807) is 12.1 Å². The molecule has 19 heavy (non-hydrogen) atoms. The fourth-order valence-electron chi connectivity index (χ4n) is 1.53. The van der Waals surface area contributed by atoms with Crippen LogP contribution < -0.4 is 11.1 Å². The molecule has 0 bridgehead atoms. The minimum absolute atomic E-state index is 0.0999. The largest absolute Gasteiger partial charge is 0.507 e. The molecule has 0 radical (unpaired) electrons. The summed E-state index contributed by atoms with van der Waals surface area (Å²) in [4.78, 5) is 12.0. The third-order valence-corrected chi connectivity index (χ3v) is 3.01. The Hall–Kier alpha value is -1.91. The highest BCUT2D eigenvalue weighted by molar-refractivity contribution is 6.34. The number of hydrogen-bond donors (Lipinski definition) is 3. The number of carbonyl (C=O) groups excluding carboxylic acids is 1. The van der Waals surface area contributed by atoms with Gasteiger partial charge in [0.15, 0.2) is 0 Å². The Kier molecular flexibility index (Phi) is 3.83. The molecule has 0 aliphatic rings. The second-order valence-corrected chi connectivity index (χ2v) is 4.70. The van der Waals surface area contributed by atoms with Gasteiger partial charge in [0.25, 0.3) is 5.91 Å². The van der Waals surface area contributed by atoms with Crippen molar-refractivity contribution in [2.75, 3.05) is 11.1 Å². The first-order valence-corrected chi connectivity index (χ1v) is 6.08. The number of nitrogens with one attached hydrogen (secondary N) is 1. The van der Waals surface area contributed by atoms with Crippen molar-refractivity contribution in [3.8, 4) is 5.75 Å². The highest BCUT2D eigenvalue weighted by Gasteiger charge is 2.13. The second-order valence-electron chi connectivity index (χ2n) is 3.85. The average Bonchev–Trinajstić information content (AvgIpc) is 2.33. The van der Waals surface area contributed by atoms with Gasteiger partial charge >= 0.3 is 0 Å². The lowest BCUT2D eigenvalue weighted by Crippen LogP contribution is -2.12. The summed E-state index contributed by atoms with van der Waals surface area (Å²) >= 11 is 11.6. The van der Waals surface area contributed by atoms with E-state index < -0.39 is 5.91 Å². The van der Waals surface area contributed by atoms with Gasteiger partial charge in [0.05, 0.1) is 16.3 Å². The second kappa shape index (κ2) is 5.38. The van der Waals surface area contributed by atoms with Crippen LogP contribution in [-0.4, -0.2) is 11.0 Å². The van der Waals surface area contributed by atoms with Crippen molar-refractivity contribution in [2.24, 2.45) is 0 Å². The van der Waals surface area contributed by atoms with E-state index in [1.807, 2.05) is 0 Å². The zero-order valence-electron chi connectivity index (χ0n) is 9.65. The first-order chi connectivity index (χ1) is 8.97. The predicted molar refractivity (Wildman–Crippen MR) is 76.9 cm³/mol. The summed E-state index contributed by atoms with van der Waals surface area (Å²) in [6.45, 7) is 0. The normalized spacial score (nSPS) is 10.2. The molecule has 0 fully saturated rings. The van der Waals surface area contributed by atoms with E-state index in [9.17, 15) is 9.90 Å². The van der Waals surface area contributed by atoms with E-state index in [4.69, 9.17) is 28.9 Å². The van der Waals surface area contributed by atoms with Crippen molar-refractivity contribution >= 4 is 40.5 Å². The molecule has 0 aliphatic carbocycles. The van der Waals surface area contributed by atoms with Crippen molar-refractivity contribution in [2.45, 2.75) is 0 Å². The van der Waals surface area contributed by atoms with Gasteiger partial charge in [-0.2, -0.15) is 0 Å². The van der Waals surface area contributed by atoms with Gasteiger partial charge in [-0.3, -0.25) is 4.79 Å². The summed E-state index contributed by atoms with van der Waals surface area (Å²) in [5, 5.41) is 12.9. The summed E-state index contributed by atoms with van der Waals surface area (Å²) in [6, 6.07) is 8.96. The highest BCUT2D eigenvalue weighted by atomic mass is 35.5. The van der Waals surface area contributed by atoms with Gasteiger partial charge in [-0.25, -0.2) is 0 Å². The number of amides is 1. The molecule has 2 aromatic carbocycles. The van der Waals surface area contributed by atoms with Crippen molar-refractivity contribution in [3.63, 3.8) is 0 Å². The molecule has 0 saturated carbocycles. The number of nitrogen functional groups attached to an aromatic ring is 1. The number of benzene rings is 2. The van der Waals surface area contributed by atoms with Crippen molar-refractivity contribution in [1.29, 1.82) is 0 Å². The maximum Gasteiger partial charge on any atom is 0.259 e. The van der Waals surface area contributed by atoms with Crippen molar-refractivity contribution in [3.05, 3.63) is 52.0 Å². The van der Waals surface area contributed by atoms with Crippen molar-refractivity contribution < 1.29 is 9.90 Å². The lowest BCUT2D eigenvalue weighted by molar-refractivity contribution is 0.102. The van der Waals surface area contributed by atoms with Crippen LogP contribution in [0.4, 0.5) is 11.4 Å². The fourth-order valence-corrected chi connectivity index (χ4v) is 1.86. The molecule has 4 nitrogen and oxygen atoms in total. The fraction of sp³-hybridized carbons (Fsp3) is 0. The van der Waals surface area contributed by atoms with E-state index in [1.165, 1.54) is 24.3 Å². The lowest BCUT2D eigenvalue weighted by Gasteiger charge is -2.09. The van der Waals surface area contributed by atoms with Gasteiger partial charge in [0, 0.05) is 10.7 Å². The molecule has 0 heterocycles. The van der Waals surface area contributed by atoms with Crippen LogP contribution in [0.2, 0.25) is 10.0 Å². The van der Waals surface area contributed by atoms with Gasteiger partial charge in [0.2, 0.25) is 0 Å². The Morgan fingerprint density at radius 1 is 1.16 bits per heavy atom. The smallest absolute Gasteiger partial charge is 0.259 e. The molecule has 4 N–H and O–H groups in total. The minimum atomic E-state index is -0.498.